The molecule has 142 valence electrons. The molecule has 0 atom stereocenters. The van der Waals surface area contributed by atoms with E-state index in [1.54, 1.807) is 18.4 Å². The molecule has 0 amide bonds. The van der Waals surface area contributed by atoms with Crippen LogP contribution in [-0.4, -0.2) is 35.2 Å². The second-order valence-corrected chi connectivity index (χ2v) is 7.22. The predicted molar refractivity (Wildman–Crippen MR) is 99.9 cm³/mol. The Morgan fingerprint density at radius 3 is 2.58 bits per heavy atom. The lowest BCUT2D eigenvalue weighted by Gasteiger charge is -2.14. The first-order valence-electron chi connectivity index (χ1n) is 8.59. The highest BCUT2D eigenvalue weighted by Crippen LogP contribution is 2.29. The molecule has 0 aliphatic heterocycles. The fourth-order valence-electron chi connectivity index (χ4n) is 2.76. The van der Waals surface area contributed by atoms with E-state index in [1.165, 1.54) is 18.4 Å². The van der Waals surface area contributed by atoms with Crippen LogP contribution >= 0.6 is 11.3 Å². The normalized spacial score (nSPS) is 11.2. The maximum atomic E-state index is 13.1. The van der Waals surface area contributed by atoms with Crippen LogP contribution in [0, 0.1) is 6.92 Å². The number of fused-ring (bicyclic) bond motifs is 1. The molecule has 7 nitrogen and oxygen atoms in total. The molecular formula is C18H24N2O5S. The second kappa shape index (κ2) is 8.44. The van der Waals surface area contributed by atoms with E-state index in [2.05, 4.69) is 9.72 Å². The Labute approximate surface area is 155 Å². The first kappa shape index (κ1) is 20.1. The largest absolute Gasteiger partial charge is 0.469 e. The van der Waals surface area contributed by atoms with Crippen molar-refractivity contribution in [1.29, 1.82) is 0 Å². The van der Waals surface area contributed by atoms with Crippen LogP contribution in [0.25, 0.3) is 10.2 Å². The monoisotopic (exact) mass is 380 g/mol. The third-order valence-corrected chi connectivity index (χ3v) is 5.21. The molecule has 8 heteroatoms. The van der Waals surface area contributed by atoms with Crippen molar-refractivity contribution in [3.63, 3.8) is 0 Å². The lowest BCUT2D eigenvalue weighted by atomic mass is 10.1. The Bertz CT molecular complexity index is 882. The summed E-state index contributed by atoms with van der Waals surface area (Å²) in [6.07, 6.45) is 0.711. The van der Waals surface area contributed by atoms with Gasteiger partial charge in [-0.2, -0.15) is 0 Å². The van der Waals surface area contributed by atoms with Gasteiger partial charge in [0.1, 0.15) is 15.5 Å². The number of nitrogens with zero attached hydrogens (tertiary/aromatic N) is 2. The van der Waals surface area contributed by atoms with E-state index in [1.807, 2.05) is 13.8 Å². The van der Waals surface area contributed by atoms with Gasteiger partial charge in [-0.3, -0.25) is 14.2 Å². The van der Waals surface area contributed by atoms with Gasteiger partial charge < -0.3 is 9.47 Å². The molecule has 0 spiro atoms. The standard InChI is InChI=1S/C18H24N2O5S/c1-6-25-18(23)14-11(4)13-16(26-14)19-15(10(2)3)20(17(13)22)9-7-8-12(21)24-5/h10H,6-9H2,1-5H3. The van der Waals surface area contributed by atoms with Crippen molar-refractivity contribution >= 4 is 33.5 Å². The number of aryl methyl sites for hydroxylation is 1. The lowest BCUT2D eigenvalue weighted by molar-refractivity contribution is -0.140. The Morgan fingerprint density at radius 1 is 1.31 bits per heavy atom. The minimum Gasteiger partial charge on any atom is -0.469 e. The van der Waals surface area contributed by atoms with Crippen LogP contribution in [0.2, 0.25) is 0 Å². The van der Waals surface area contributed by atoms with Crippen molar-refractivity contribution in [2.45, 2.75) is 53.0 Å². The van der Waals surface area contributed by atoms with Gasteiger partial charge in [0, 0.05) is 18.9 Å². The van der Waals surface area contributed by atoms with E-state index < -0.39 is 5.97 Å². The van der Waals surface area contributed by atoms with Crippen molar-refractivity contribution in [1.82, 2.24) is 9.55 Å². The molecule has 0 radical (unpaired) electrons. The van der Waals surface area contributed by atoms with Crippen molar-refractivity contribution in [2.75, 3.05) is 13.7 Å². The number of carbonyl (C=O) groups is 2. The summed E-state index contributed by atoms with van der Waals surface area (Å²) in [6.45, 7) is 8.03. The van der Waals surface area contributed by atoms with Crippen LogP contribution in [0.3, 0.4) is 0 Å². The molecule has 0 N–H and O–H groups in total. The number of aromatic nitrogens is 2. The predicted octanol–water partition coefficient (Wildman–Crippen LogP) is 3.02. The molecule has 0 bridgehead atoms. The molecule has 2 rings (SSSR count). The first-order valence-corrected chi connectivity index (χ1v) is 9.41. The van der Waals surface area contributed by atoms with Gasteiger partial charge in [-0.25, -0.2) is 9.78 Å². The van der Waals surface area contributed by atoms with E-state index in [9.17, 15) is 14.4 Å². The number of carbonyl (C=O) groups excluding carboxylic acids is 2. The topological polar surface area (TPSA) is 87.5 Å². The maximum Gasteiger partial charge on any atom is 0.348 e. The Morgan fingerprint density at radius 2 is 2.00 bits per heavy atom. The Hall–Kier alpha value is -2.22. The molecule has 2 aromatic heterocycles. The van der Waals surface area contributed by atoms with Gasteiger partial charge in [0.25, 0.3) is 5.56 Å². The highest BCUT2D eigenvalue weighted by atomic mass is 32.1. The third-order valence-electron chi connectivity index (χ3n) is 4.05. The van der Waals surface area contributed by atoms with Crippen LogP contribution in [-0.2, 0) is 20.8 Å². The summed E-state index contributed by atoms with van der Waals surface area (Å²) >= 11 is 1.19. The Balaban J connectivity index is 2.53. The zero-order chi connectivity index (χ0) is 19.4. The average Bonchev–Trinajstić information content (AvgIpc) is 2.93. The molecular weight excluding hydrogens is 356 g/mol. The van der Waals surface area contributed by atoms with Crippen LogP contribution in [0.1, 0.15) is 60.6 Å². The summed E-state index contributed by atoms with van der Waals surface area (Å²) < 4.78 is 11.3. The Kier molecular flexibility index (Phi) is 6.52. The average molecular weight is 380 g/mol. The van der Waals surface area contributed by atoms with E-state index in [4.69, 9.17) is 4.74 Å². The number of rotatable bonds is 7. The lowest BCUT2D eigenvalue weighted by Crippen LogP contribution is -2.26. The number of thiophene rings is 1. The van der Waals surface area contributed by atoms with Crippen LogP contribution in [0.4, 0.5) is 0 Å². The van der Waals surface area contributed by atoms with Gasteiger partial charge in [0.05, 0.1) is 19.1 Å². The molecule has 0 saturated carbocycles. The van der Waals surface area contributed by atoms with Gasteiger partial charge in [-0.1, -0.05) is 13.8 Å². The van der Waals surface area contributed by atoms with Crippen molar-refractivity contribution in [3.05, 3.63) is 26.6 Å². The summed E-state index contributed by atoms with van der Waals surface area (Å²) in [4.78, 5) is 42.1. The summed E-state index contributed by atoms with van der Waals surface area (Å²) in [5.74, 6) is -0.0760. The second-order valence-electron chi connectivity index (χ2n) is 6.22. The highest BCUT2D eigenvalue weighted by molar-refractivity contribution is 7.20. The molecule has 0 aliphatic carbocycles. The third kappa shape index (κ3) is 3.95. The van der Waals surface area contributed by atoms with Gasteiger partial charge in [0.15, 0.2) is 0 Å². The summed E-state index contributed by atoms with van der Waals surface area (Å²) in [5.41, 5.74) is 0.408. The zero-order valence-electron chi connectivity index (χ0n) is 15.7. The summed E-state index contributed by atoms with van der Waals surface area (Å²) in [6, 6.07) is 0. The number of hydrogen-bond acceptors (Lipinski definition) is 7. The summed E-state index contributed by atoms with van der Waals surface area (Å²) in [7, 11) is 1.34. The molecule has 0 aromatic carbocycles. The molecule has 2 heterocycles. The smallest absolute Gasteiger partial charge is 0.348 e. The highest BCUT2D eigenvalue weighted by Gasteiger charge is 2.23. The molecule has 2 aromatic rings. The van der Waals surface area contributed by atoms with Gasteiger partial charge >= 0.3 is 11.9 Å². The quantitative estimate of drug-likeness (QED) is 0.686. The zero-order valence-corrected chi connectivity index (χ0v) is 16.6. The maximum absolute atomic E-state index is 13.1. The van der Waals surface area contributed by atoms with Gasteiger partial charge in [-0.15, -0.1) is 11.3 Å². The molecule has 0 saturated heterocycles. The minimum atomic E-state index is -0.435. The van der Waals surface area contributed by atoms with Crippen LogP contribution < -0.4 is 5.56 Å². The van der Waals surface area contributed by atoms with Gasteiger partial charge in [0.2, 0.25) is 0 Å². The van der Waals surface area contributed by atoms with Crippen molar-refractivity contribution in [2.24, 2.45) is 0 Å². The molecule has 0 unspecified atom stereocenters. The SMILES string of the molecule is CCOC(=O)c1sc2nc(C(C)C)n(CCCC(=O)OC)c(=O)c2c1C. The number of hydrogen-bond donors (Lipinski definition) is 0. The molecule has 0 aliphatic rings. The number of ether oxygens (including phenoxy) is 2. The van der Waals surface area contributed by atoms with Crippen LogP contribution in [0.5, 0.6) is 0 Å². The van der Waals surface area contributed by atoms with E-state index >= 15 is 0 Å². The summed E-state index contributed by atoms with van der Waals surface area (Å²) in [5, 5.41) is 0.445. The number of esters is 2. The molecule has 0 fully saturated rings. The van der Waals surface area contributed by atoms with Gasteiger partial charge in [-0.05, 0) is 25.8 Å². The van der Waals surface area contributed by atoms with Crippen molar-refractivity contribution in [3.8, 4) is 0 Å². The first-order chi connectivity index (χ1) is 12.3. The minimum absolute atomic E-state index is 0.0266. The fourth-order valence-corrected chi connectivity index (χ4v) is 3.84. The number of methoxy groups -OCH3 is 1. The van der Waals surface area contributed by atoms with Crippen LogP contribution in [0.15, 0.2) is 4.79 Å². The van der Waals surface area contributed by atoms with E-state index in [0.29, 0.717) is 39.4 Å². The fraction of sp³-hybridized carbons (Fsp3) is 0.556. The molecule has 26 heavy (non-hydrogen) atoms. The van der Waals surface area contributed by atoms with Crippen molar-refractivity contribution < 1.29 is 19.1 Å². The van der Waals surface area contributed by atoms with E-state index in [0.717, 1.165) is 0 Å². The van der Waals surface area contributed by atoms with E-state index in [-0.39, 0.29) is 30.5 Å².